The van der Waals surface area contributed by atoms with Crippen LogP contribution < -0.4 is 5.32 Å². The lowest BCUT2D eigenvalue weighted by atomic mass is 10.1. The quantitative estimate of drug-likeness (QED) is 0.893. The highest BCUT2D eigenvalue weighted by molar-refractivity contribution is 6.31. The van der Waals surface area contributed by atoms with Crippen LogP contribution in [0.2, 0.25) is 5.02 Å². The van der Waals surface area contributed by atoms with E-state index < -0.39 is 5.82 Å². The van der Waals surface area contributed by atoms with Gasteiger partial charge in [0.2, 0.25) is 0 Å². The van der Waals surface area contributed by atoms with E-state index in [4.69, 9.17) is 11.6 Å². The Morgan fingerprint density at radius 2 is 2.06 bits per heavy atom. The molecule has 1 heterocycles. The van der Waals surface area contributed by atoms with E-state index in [0.29, 0.717) is 22.9 Å². The summed E-state index contributed by atoms with van der Waals surface area (Å²) < 4.78 is 13.1. The summed E-state index contributed by atoms with van der Waals surface area (Å²) in [4.78, 5) is 4.20. The van der Waals surface area contributed by atoms with E-state index in [2.05, 4.69) is 20.5 Å². The Kier molecular flexibility index (Phi) is 3.19. The fourth-order valence-corrected chi connectivity index (χ4v) is 1.60. The van der Waals surface area contributed by atoms with Crippen LogP contribution in [0.4, 0.5) is 10.2 Å². The number of nitrogens with zero attached hydrogens (tertiary/aromatic N) is 3. The molecule has 0 bridgehead atoms. The second-order valence-corrected chi connectivity index (χ2v) is 3.84. The lowest BCUT2D eigenvalue weighted by molar-refractivity contribution is 0.628. The van der Waals surface area contributed by atoms with Crippen LogP contribution in [-0.2, 0) is 0 Å². The topological polar surface area (TPSA) is 50.7 Å². The highest BCUT2D eigenvalue weighted by Crippen LogP contribution is 2.27. The van der Waals surface area contributed by atoms with Gasteiger partial charge in [0.1, 0.15) is 17.3 Å². The summed E-state index contributed by atoms with van der Waals surface area (Å²) in [5.74, 6) is 0.681. The van der Waals surface area contributed by atoms with Gasteiger partial charge in [-0.1, -0.05) is 11.6 Å². The Bertz CT molecular complexity index is 559. The van der Waals surface area contributed by atoms with Crippen molar-refractivity contribution in [1.29, 1.82) is 0 Å². The predicted octanol–water partition coefficient (Wildman–Crippen LogP) is 2.68. The first-order valence-corrected chi connectivity index (χ1v) is 5.34. The molecule has 0 amide bonds. The lowest BCUT2D eigenvalue weighted by Gasteiger charge is -2.07. The van der Waals surface area contributed by atoms with Crippen LogP contribution in [0.15, 0.2) is 18.2 Å². The van der Waals surface area contributed by atoms with Crippen LogP contribution >= 0.6 is 11.6 Å². The largest absolute Gasteiger partial charge is 0.371 e. The van der Waals surface area contributed by atoms with Crippen molar-refractivity contribution in [3.05, 3.63) is 34.9 Å². The molecule has 6 heteroatoms. The maximum atomic E-state index is 13.1. The average Bonchev–Trinajstić information content (AvgIpc) is 2.32. The first-order chi connectivity index (χ1) is 8.11. The van der Waals surface area contributed by atoms with Gasteiger partial charge >= 0.3 is 0 Å². The summed E-state index contributed by atoms with van der Waals surface area (Å²) in [6.07, 6.45) is 0. The summed E-state index contributed by atoms with van der Waals surface area (Å²) >= 11 is 5.73. The molecule has 0 unspecified atom stereocenters. The van der Waals surface area contributed by atoms with Crippen molar-refractivity contribution in [2.45, 2.75) is 6.92 Å². The number of nitrogens with one attached hydrogen (secondary N) is 1. The van der Waals surface area contributed by atoms with Gasteiger partial charge in [0.25, 0.3) is 0 Å². The van der Waals surface area contributed by atoms with Gasteiger partial charge in [0.05, 0.1) is 5.02 Å². The number of rotatable bonds is 2. The molecule has 0 atom stereocenters. The van der Waals surface area contributed by atoms with Crippen LogP contribution in [0.25, 0.3) is 11.3 Å². The molecule has 1 aromatic heterocycles. The molecule has 1 aromatic carbocycles. The number of aromatic nitrogens is 3. The number of benzene rings is 1. The fraction of sp³-hybridized carbons (Fsp3) is 0.182. The van der Waals surface area contributed by atoms with Crippen LogP contribution in [0.5, 0.6) is 0 Å². The maximum absolute atomic E-state index is 13.1. The van der Waals surface area contributed by atoms with Gasteiger partial charge in [-0.15, -0.1) is 10.2 Å². The number of halogens is 2. The third-order valence-electron chi connectivity index (χ3n) is 2.22. The smallest absolute Gasteiger partial charge is 0.156 e. The molecule has 0 aliphatic rings. The van der Waals surface area contributed by atoms with Gasteiger partial charge in [0.15, 0.2) is 5.82 Å². The Hall–Kier alpha value is -1.75. The first-order valence-electron chi connectivity index (χ1n) is 4.96. The molecule has 0 aliphatic heterocycles. The van der Waals surface area contributed by atoms with Crippen LogP contribution in [0.3, 0.4) is 0 Å². The van der Waals surface area contributed by atoms with Gasteiger partial charge in [0, 0.05) is 12.6 Å². The van der Waals surface area contributed by atoms with Crippen molar-refractivity contribution in [3.8, 4) is 11.3 Å². The number of aryl methyl sites for hydroxylation is 1. The molecule has 2 rings (SSSR count). The minimum absolute atomic E-state index is 0.0481. The summed E-state index contributed by atoms with van der Waals surface area (Å²) in [6.45, 7) is 1.75. The summed E-state index contributed by atoms with van der Waals surface area (Å²) in [5, 5.41) is 10.9. The van der Waals surface area contributed by atoms with Gasteiger partial charge < -0.3 is 5.32 Å². The molecule has 0 spiro atoms. The molecule has 0 aliphatic carbocycles. The first kappa shape index (κ1) is 11.7. The Morgan fingerprint density at radius 3 is 2.71 bits per heavy atom. The monoisotopic (exact) mass is 252 g/mol. The Labute approximate surface area is 103 Å². The molecule has 88 valence electrons. The summed E-state index contributed by atoms with van der Waals surface area (Å²) in [6, 6.07) is 4.38. The highest BCUT2D eigenvalue weighted by atomic mass is 35.5. The number of hydrogen-bond acceptors (Lipinski definition) is 4. The van der Waals surface area contributed by atoms with Crippen molar-refractivity contribution < 1.29 is 4.39 Å². The van der Waals surface area contributed by atoms with Gasteiger partial charge in [-0.2, -0.15) is 0 Å². The molecule has 4 nitrogen and oxygen atoms in total. The second kappa shape index (κ2) is 4.63. The van der Waals surface area contributed by atoms with E-state index >= 15 is 0 Å². The predicted molar refractivity (Wildman–Crippen MR) is 64.5 cm³/mol. The molecular formula is C11H10ClFN4. The average molecular weight is 253 g/mol. The van der Waals surface area contributed by atoms with E-state index in [1.54, 1.807) is 20.0 Å². The minimum Gasteiger partial charge on any atom is -0.371 e. The molecule has 2 aromatic rings. The summed E-state index contributed by atoms with van der Waals surface area (Å²) in [5.41, 5.74) is 1.21. The van der Waals surface area contributed by atoms with Crippen molar-refractivity contribution in [2.75, 3.05) is 12.4 Å². The third kappa shape index (κ3) is 2.34. The van der Waals surface area contributed by atoms with Crippen LogP contribution in [-0.4, -0.2) is 22.2 Å². The molecular weight excluding hydrogens is 243 g/mol. The number of anilines is 1. The molecule has 0 radical (unpaired) electrons. The molecule has 1 N–H and O–H groups in total. The number of hydrogen-bond donors (Lipinski definition) is 1. The Morgan fingerprint density at radius 1 is 1.29 bits per heavy atom. The zero-order chi connectivity index (χ0) is 12.4. The van der Waals surface area contributed by atoms with Gasteiger partial charge in [-0.25, -0.2) is 9.37 Å². The summed E-state index contributed by atoms with van der Waals surface area (Å²) in [7, 11) is 1.73. The molecule has 0 saturated carbocycles. The van der Waals surface area contributed by atoms with E-state index in [9.17, 15) is 4.39 Å². The SMILES string of the molecule is CNc1nc(C)nnc1-c1ccc(F)c(Cl)c1. The van der Waals surface area contributed by atoms with Crippen LogP contribution in [0.1, 0.15) is 5.82 Å². The van der Waals surface area contributed by atoms with Gasteiger partial charge in [-0.3, -0.25) is 0 Å². The lowest BCUT2D eigenvalue weighted by Crippen LogP contribution is -2.02. The zero-order valence-electron chi connectivity index (χ0n) is 9.33. The van der Waals surface area contributed by atoms with Crippen molar-refractivity contribution in [1.82, 2.24) is 15.2 Å². The van der Waals surface area contributed by atoms with Crippen molar-refractivity contribution in [2.24, 2.45) is 0 Å². The Balaban J connectivity index is 2.55. The van der Waals surface area contributed by atoms with Crippen molar-refractivity contribution >= 4 is 17.4 Å². The van der Waals surface area contributed by atoms with E-state index in [0.717, 1.165) is 0 Å². The second-order valence-electron chi connectivity index (χ2n) is 3.44. The minimum atomic E-state index is -0.463. The molecule has 0 saturated heterocycles. The fourth-order valence-electron chi connectivity index (χ4n) is 1.42. The van der Waals surface area contributed by atoms with Crippen molar-refractivity contribution in [3.63, 3.8) is 0 Å². The zero-order valence-corrected chi connectivity index (χ0v) is 10.1. The van der Waals surface area contributed by atoms with E-state index in [1.165, 1.54) is 12.1 Å². The van der Waals surface area contributed by atoms with Gasteiger partial charge in [-0.05, 0) is 25.1 Å². The highest BCUT2D eigenvalue weighted by Gasteiger charge is 2.10. The molecule has 0 fully saturated rings. The normalized spacial score (nSPS) is 10.4. The maximum Gasteiger partial charge on any atom is 0.156 e. The standard InChI is InChI=1S/C11H10ClFN4/c1-6-15-11(14-2)10(17-16-6)7-3-4-9(13)8(12)5-7/h3-5H,1-2H3,(H,14,15,16). The van der Waals surface area contributed by atoms with E-state index in [-0.39, 0.29) is 5.02 Å². The molecule has 17 heavy (non-hydrogen) atoms. The van der Waals surface area contributed by atoms with E-state index in [1.807, 2.05) is 0 Å². The third-order valence-corrected chi connectivity index (χ3v) is 2.51. The van der Waals surface area contributed by atoms with Crippen LogP contribution in [0, 0.1) is 12.7 Å².